The second-order valence-corrected chi connectivity index (χ2v) is 8.77. The molecule has 29 heavy (non-hydrogen) atoms. The summed E-state index contributed by atoms with van der Waals surface area (Å²) < 4.78 is 43.5. The minimum absolute atomic E-state index is 0.189. The van der Waals surface area contributed by atoms with Crippen molar-refractivity contribution in [3.63, 3.8) is 0 Å². The van der Waals surface area contributed by atoms with E-state index in [1.165, 1.54) is 4.31 Å². The van der Waals surface area contributed by atoms with Gasteiger partial charge >= 0.3 is 0 Å². The lowest BCUT2D eigenvalue weighted by Gasteiger charge is -2.25. The molecule has 0 radical (unpaired) electrons. The number of hydrogen-bond acceptors (Lipinski definition) is 5. The lowest BCUT2D eigenvalue weighted by molar-refractivity contribution is 0.0511. The molecule has 8 heteroatoms. The summed E-state index contributed by atoms with van der Waals surface area (Å²) in [6, 6.07) is 13.5. The summed E-state index contributed by atoms with van der Waals surface area (Å²) in [5.41, 5.74) is 3.48. The molecule has 0 spiro atoms. The molecule has 1 saturated heterocycles. The zero-order chi connectivity index (χ0) is 20.4. The molecule has 1 aliphatic heterocycles. The van der Waals surface area contributed by atoms with Gasteiger partial charge in [0.1, 0.15) is 5.75 Å². The highest BCUT2D eigenvalue weighted by molar-refractivity contribution is 7.89. The number of rotatable bonds is 6. The van der Waals surface area contributed by atoms with E-state index in [1.807, 2.05) is 49.4 Å². The topological polar surface area (TPSA) is 80.9 Å². The van der Waals surface area contributed by atoms with E-state index in [4.69, 9.17) is 14.2 Å². The largest absolute Gasteiger partial charge is 0.468 e. The van der Waals surface area contributed by atoms with Gasteiger partial charge in [-0.2, -0.15) is 4.31 Å². The zero-order valence-electron chi connectivity index (χ0n) is 16.5. The number of nitrogens with zero attached hydrogens (tertiary/aromatic N) is 1. The van der Waals surface area contributed by atoms with E-state index in [1.54, 1.807) is 7.11 Å². The van der Waals surface area contributed by atoms with Crippen molar-refractivity contribution in [2.75, 3.05) is 40.2 Å². The number of methoxy groups -OCH3 is 1. The maximum Gasteiger partial charge on any atom is 0.258 e. The number of aryl methyl sites for hydroxylation is 1. The molecule has 0 amide bonds. The van der Waals surface area contributed by atoms with Crippen molar-refractivity contribution in [1.29, 1.82) is 0 Å². The van der Waals surface area contributed by atoms with E-state index < -0.39 is 10.0 Å². The lowest BCUT2D eigenvalue weighted by Crippen LogP contribution is -2.40. The predicted molar refractivity (Wildman–Crippen MR) is 111 cm³/mol. The SMILES string of the molecule is COCOc1ccc(-c2cccc3[nH]c(S(=O)(=O)N4CCOCC4)c(C)c23)cc1. The number of nitrogens with one attached hydrogen (secondary N) is 1. The van der Waals surface area contributed by atoms with E-state index in [-0.39, 0.29) is 11.8 Å². The molecule has 0 saturated carbocycles. The van der Waals surface area contributed by atoms with Crippen LogP contribution in [0.1, 0.15) is 5.56 Å². The van der Waals surface area contributed by atoms with Crippen LogP contribution in [0, 0.1) is 6.92 Å². The van der Waals surface area contributed by atoms with Gasteiger partial charge in [0.05, 0.1) is 13.2 Å². The highest BCUT2D eigenvalue weighted by atomic mass is 32.2. The van der Waals surface area contributed by atoms with Crippen molar-refractivity contribution in [1.82, 2.24) is 9.29 Å². The Hall–Kier alpha value is -2.39. The normalized spacial score (nSPS) is 15.7. The number of ether oxygens (including phenoxy) is 3. The van der Waals surface area contributed by atoms with Crippen molar-refractivity contribution in [3.05, 3.63) is 48.0 Å². The second-order valence-electron chi connectivity index (χ2n) is 6.90. The molecule has 0 aliphatic carbocycles. The predicted octanol–water partition coefficient (Wildman–Crippen LogP) is 3.15. The van der Waals surface area contributed by atoms with Crippen LogP contribution in [0.5, 0.6) is 5.75 Å². The summed E-state index contributed by atoms with van der Waals surface area (Å²) in [7, 11) is -2.03. The summed E-state index contributed by atoms with van der Waals surface area (Å²) in [5, 5.41) is 1.16. The van der Waals surface area contributed by atoms with Crippen molar-refractivity contribution >= 4 is 20.9 Å². The summed E-state index contributed by atoms with van der Waals surface area (Å²) in [6.45, 7) is 3.61. The molecule has 7 nitrogen and oxygen atoms in total. The molecular weight excluding hydrogens is 392 g/mol. The van der Waals surface area contributed by atoms with Gasteiger partial charge in [-0.25, -0.2) is 8.42 Å². The van der Waals surface area contributed by atoms with Gasteiger partial charge in [0.15, 0.2) is 11.8 Å². The molecular formula is C21H24N2O5S. The maximum absolute atomic E-state index is 13.2. The molecule has 1 aliphatic rings. The molecule has 2 aromatic carbocycles. The number of fused-ring (bicyclic) bond motifs is 1. The highest BCUT2D eigenvalue weighted by Gasteiger charge is 2.30. The smallest absolute Gasteiger partial charge is 0.258 e. The molecule has 1 aromatic heterocycles. The molecule has 1 fully saturated rings. The van der Waals surface area contributed by atoms with Crippen molar-refractivity contribution in [3.8, 4) is 16.9 Å². The number of morpholine rings is 1. The van der Waals surface area contributed by atoms with Gasteiger partial charge in [0, 0.05) is 31.1 Å². The van der Waals surface area contributed by atoms with Gasteiger partial charge in [-0.15, -0.1) is 0 Å². The Balaban J connectivity index is 1.76. The van der Waals surface area contributed by atoms with Gasteiger partial charge in [-0.3, -0.25) is 0 Å². The van der Waals surface area contributed by atoms with Crippen LogP contribution < -0.4 is 4.74 Å². The molecule has 154 valence electrons. The Morgan fingerprint density at radius 3 is 2.52 bits per heavy atom. The fraction of sp³-hybridized carbons (Fsp3) is 0.333. The second kappa shape index (κ2) is 8.16. The van der Waals surface area contributed by atoms with Gasteiger partial charge in [0.2, 0.25) is 0 Å². The highest BCUT2D eigenvalue weighted by Crippen LogP contribution is 2.35. The van der Waals surface area contributed by atoms with E-state index in [9.17, 15) is 8.42 Å². The van der Waals surface area contributed by atoms with Gasteiger partial charge < -0.3 is 19.2 Å². The number of hydrogen-bond donors (Lipinski definition) is 1. The average Bonchev–Trinajstić information content (AvgIpc) is 3.11. The molecule has 3 aromatic rings. The average molecular weight is 416 g/mol. The van der Waals surface area contributed by atoms with Crippen molar-refractivity contribution in [2.24, 2.45) is 0 Å². The Morgan fingerprint density at radius 2 is 1.83 bits per heavy atom. The Bertz CT molecular complexity index is 1100. The summed E-state index contributed by atoms with van der Waals surface area (Å²) in [6.07, 6.45) is 0. The third-order valence-electron chi connectivity index (χ3n) is 5.10. The number of aromatic nitrogens is 1. The first kappa shape index (κ1) is 19.9. The Kier molecular flexibility index (Phi) is 5.60. The minimum Gasteiger partial charge on any atom is -0.468 e. The van der Waals surface area contributed by atoms with Crippen LogP contribution in [0.25, 0.3) is 22.0 Å². The summed E-state index contributed by atoms with van der Waals surface area (Å²) in [4.78, 5) is 3.14. The van der Waals surface area contributed by atoms with Crippen LogP contribution in [0.3, 0.4) is 0 Å². The van der Waals surface area contributed by atoms with Crippen LogP contribution in [0.2, 0.25) is 0 Å². The minimum atomic E-state index is -3.61. The quantitative estimate of drug-likeness (QED) is 0.625. The van der Waals surface area contributed by atoms with E-state index in [0.29, 0.717) is 32.1 Å². The summed E-state index contributed by atoms with van der Waals surface area (Å²) >= 11 is 0. The van der Waals surface area contributed by atoms with E-state index >= 15 is 0 Å². The van der Waals surface area contributed by atoms with E-state index in [0.717, 1.165) is 27.6 Å². The zero-order valence-corrected chi connectivity index (χ0v) is 17.3. The Labute approximate surface area is 170 Å². The first-order valence-electron chi connectivity index (χ1n) is 9.43. The Morgan fingerprint density at radius 1 is 1.10 bits per heavy atom. The van der Waals surface area contributed by atoms with Gasteiger partial charge in [-0.05, 0) is 41.8 Å². The van der Waals surface area contributed by atoms with Gasteiger partial charge in [-0.1, -0.05) is 24.3 Å². The maximum atomic E-state index is 13.2. The fourth-order valence-electron chi connectivity index (χ4n) is 3.66. The molecule has 4 rings (SSSR count). The monoisotopic (exact) mass is 416 g/mol. The molecule has 0 atom stereocenters. The van der Waals surface area contributed by atoms with Crippen molar-refractivity contribution in [2.45, 2.75) is 11.9 Å². The fourth-order valence-corrected chi connectivity index (χ4v) is 5.28. The molecule has 0 bridgehead atoms. The van der Waals surface area contributed by atoms with Crippen LogP contribution in [0.4, 0.5) is 0 Å². The third kappa shape index (κ3) is 3.76. The number of H-pyrrole nitrogens is 1. The van der Waals surface area contributed by atoms with Crippen LogP contribution in [-0.2, 0) is 19.5 Å². The lowest BCUT2D eigenvalue weighted by atomic mass is 9.99. The first-order valence-corrected chi connectivity index (χ1v) is 10.9. The third-order valence-corrected chi connectivity index (χ3v) is 7.07. The standard InChI is InChI=1S/C21H24N2O5S/c1-15-20-18(16-6-8-17(9-7-16)28-14-26-2)4-3-5-19(20)22-21(15)29(24,25)23-10-12-27-13-11-23/h3-9,22H,10-14H2,1-2H3. The van der Waals surface area contributed by atoms with Crippen LogP contribution >= 0.6 is 0 Å². The van der Waals surface area contributed by atoms with Crippen molar-refractivity contribution < 1.29 is 22.6 Å². The van der Waals surface area contributed by atoms with Gasteiger partial charge in [0.25, 0.3) is 10.0 Å². The van der Waals surface area contributed by atoms with Crippen LogP contribution in [-0.4, -0.2) is 57.9 Å². The first-order chi connectivity index (χ1) is 14.0. The van der Waals surface area contributed by atoms with Crippen LogP contribution in [0.15, 0.2) is 47.5 Å². The summed E-state index contributed by atoms with van der Waals surface area (Å²) in [5.74, 6) is 0.712. The number of benzene rings is 2. The molecule has 2 heterocycles. The van der Waals surface area contributed by atoms with E-state index in [2.05, 4.69) is 4.98 Å². The number of sulfonamides is 1. The molecule has 1 N–H and O–H groups in total. The molecule has 0 unspecified atom stereocenters. The number of aromatic amines is 1.